The zero-order valence-corrected chi connectivity index (χ0v) is 14.2. The number of fused-ring (bicyclic) bond motifs is 1. The van der Waals surface area contributed by atoms with Gasteiger partial charge in [0.2, 0.25) is 0 Å². The molecule has 11 heteroatoms. The van der Waals surface area contributed by atoms with Crippen molar-refractivity contribution < 1.29 is 18.4 Å². The van der Waals surface area contributed by atoms with Crippen LogP contribution in [0.25, 0.3) is 16.8 Å². The molecule has 0 saturated heterocycles. The SMILES string of the molecule is Cc1nn2c(C(=O)NC3CC(F)(F)C3)c(-c3cn[nH]c3)cnc2c1C(N)=O. The number of hydrogen-bond acceptors (Lipinski definition) is 5. The number of hydrogen-bond donors (Lipinski definition) is 3. The molecule has 4 rings (SSSR count). The van der Waals surface area contributed by atoms with Crippen LogP contribution in [-0.4, -0.2) is 48.6 Å². The molecule has 9 nitrogen and oxygen atoms in total. The number of aromatic amines is 1. The molecule has 3 heterocycles. The van der Waals surface area contributed by atoms with E-state index in [1.807, 2.05) is 0 Å². The third-order valence-electron chi connectivity index (χ3n) is 4.51. The highest BCUT2D eigenvalue weighted by molar-refractivity contribution is 6.03. The summed E-state index contributed by atoms with van der Waals surface area (Å²) in [5.74, 6) is -4.09. The quantitative estimate of drug-likeness (QED) is 0.627. The fraction of sp³-hybridized carbons (Fsp3) is 0.312. The van der Waals surface area contributed by atoms with Crippen molar-refractivity contribution >= 4 is 17.5 Å². The molecule has 1 fully saturated rings. The number of nitrogens with one attached hydrogen (secondary N) is 2. The number of primary amides is 1. The van der Waals surface area contributed by atoms with Gasteiger partial charge in [-0.2, -0.15) is 10.2 Å². The van der Waals surface area contributed by atoms with E-state index in [0.717, 1.165) is 0 Å². The topological polar surface area (TPSA) is 131 Å². The van der Waals surface area contributed by atoms with E-state index < -0.39 is 36.6 Å². The van der Waals surface area contributed by atoms with Crippen molar-refractivity contribution in [2.45, 2.75) is 31.7 Å². The Morgan fingerprint density at radius 1 is 1.37 bits per heavy atom. The summed E-state index contributed by atoms with van der Waals surface area (Å²) in [6.07, 6.45) is 3.61. The lowest BCUT2D eigenvalue weighted by atomic mass is 9.88. The highest BCUT2D eigenvalue weighted by atomic mass is 19.3. The number of aromatic nitrogens is 5. The molecule has 1 saturated carbocycles. The summed E-state index contributed by atoms with van der Waals surface area (Å²) in [5.41, 5.74) is 6.93. The number of nitrogens with two attached hydrogens (primary N) is 1. The van der Waals surface area contributed by atoms with Crippen molar-refractivity contribution in [2.75, 3.05) is 0 Å². The largest absolute Gasteiger partial charge is 0.365 e. The van der Waals surface area contributed by atoms with Crippen molar-refractivity contribution in [3.05, 3.63) is 35.5 Å². The highest BCUT2D eigenvalue weighted by Crippen LogP contribution is 2.37. The number of halogens is 2. The van der Waals surface area contributed by atoms with E-state index in [1.165, 1.54) is 16.9 Å². The van der Waals surface area contributed by atoms with Crippen molar-refractivity contribution in [2.24, 2.45) is 5.73 Å². The number of H-pyrrole nitrogens is 1. The maximum atomic E-state index is 13.1. The Kier molecular flexibility index (Phi) is 3.68. The molecule has 0 unspecified atom stereocenters. The molecule has 0 aliphatic heterocycles. The zero-order valence-electron chi connectivity index (χ0n) is 14.2. The molecule has 3 aromatic heterocycles. The van der Waals surface area contributed by atoms with Gasteiger partial charge in [0, 0.05) is 42.4 Å². The summed E-state index contributed by atoms with van der Waals surface area (Å²) in [6.45, 7) is 1.57. The maximum Gasteiger partial charge on any atom is 0.270 e. The Labute approximate surface area is 151 Å². The third-order valence-corrected chi connectivity index (χ3v) is 4.51. The Balaban J connectivity index is 1.84. The van der Waals surface area contributed by atoms with Crippen LogP contribution in [-0.2, 0) is 0 Å². The van der Waals surface area contributed by atoms with Gasteiger partial charge in [0.1, 0.15) is 11.3 Å². The summed E-state index contributed by atoms with van der Waals surface area (Å²) in [4.78, 5) is 28.8. The van der Waals surface area contributed by atoms with E-state index in [0.29, 0.717) is 16.8 Å². The minimum Gasteiger partial charge on any atom is -0.365 e. The molecule has 0 radical (unpaired) electrons. The normalized spacial score (nSPS) is 16.3. The summed E-state index contributed by atoms with van der Waals surface area (Å²) in [7, 11) is 0. The number of aryl methyl sites for hydroxylation is 1. The fourth-order valence-corrected chi connectivity index (χ4v) is 3.22. The van der Waals surface area contributed by atoms with Crippen LogP contribution in [0.3, 0.4) is 0 Å². The van der Waals surface area contributed by atoms with Gasteiger partial charge in [0.25, 0.3) is 17.7 Å². The molecular weight excluding hydrogens is 360 g/mol. The zero-order chi connectivity index (χ0) is 19.3. The number of nitrogens with zero attached hydrogens (tertiary/aromatic N) is 4. The molecular formula is C16H15F2N7O2. The van der Waals surface area contributed by atoms with Crippen LogP contribution < -0.4 is 11.1 Å². The standard InChI is InChI=1S/C16H15F2N7O2/c1-7-11(13(19)26)14-20-6-10(8-4-21-22-5-8)12(25(14)24-7)15(27)23-9-2-16(17,18)3-9/h4-6,9H,2-3H2,1H3,(H2,19,26)(H,21,22)(H,23,27). The summed E-state index contributed by atoms with van der Waals surface area (Å²) in [6, 6.07) is -0.639. The van der Waals surface area contributed by atoms with Gasteiger partial charge in [-0.3, -0.25) is 14.7 Å². The van der Waals surface area contributed by atoms with E-state index in [2.05, 4.69) is 25.6 Å². The lowest BCUT2D eigenvalue weighted by Gasteiger charge is -2.35. The molecule has 0 bridgehead atoms. The van der Waals surface area contributed by atoms with Gasteiger partial charge in [0.05, 0.1) is 11.9 Å². The van der Waals surface area contributed by atoms with Crippen LogP contribution in [0.4, 0.5) is 8.78 Å². The van der Waals surface area contributed by atoms with Crippen LogP contribution in [0.1, 0.15) is 39.4 Å². The molecule has 0 spiro atoms. The van der Waals surface area contributed by atoms with Gasteiger partial charge in [0.15, 0.2) is 5.65 Å². The second-order valence-corrected chi connectivity index (χ2v) is 6.50. The maximum absolute atomic E-state index is 13.1. The number of carbonyl (C=O) groups is 2. The molecule has 1 aliphatic carbocycles. The lowest BCUT2D eigenvalue weighted by molar-refractivity contribution is -0.0901. The Morgan fingerprint density at radius 2 is 2.11 bits per heavy atom. The minimum absolute atomic E-state index is 0.0622. The number of alkyl halides is 2. The lowest BCUT2D eigenvalue weighted by Crippen LogP contribution is -2.50. The molecule has 2 amide bonds. The van der Waals surface area contributed by atoms with Crippen LogP contribution in [0.15, 0.2) is 18.6 Å². The van der Waals surface area contributed by atoms with Gasteiger partial charge in [-0.1, -0.05) is 0 Å². The molecule has 0 aromatic carbocycles. The highest BCUT2D eigenvalue weighted by Gasteiger charge is 2.46. The first-order valence-electron chi connectivity index (χ1n) is 8.13. The second-order valence-electron chi connectivity index (χ2n) is 6.50. The predicted octanol–water partition coefficient (Wildman–Crippen LogP) is 1.05. The van der Waals surface area contributed by atoms with E-state index >= 15 is 0 Å². The first kappa shape index (κ1) is 17.1. The van der Waals surface area contributed by atoms with Crippen molar-refractivity contribution in [3.63, 3.8) is 0 Å². The van der Waals surface area contributed by atoms with E-state index in [9.17, 15) is 18.4 Å². The van der Waals surface area contributed by atoms with E-state index in [4.69, 9.17) is 5.73 Å². The summed E-state index contributed by atoms with van der Waals surface area (Å²) in [5, 5.41) is 13.3. The number of carbonyl (C=O) groups excluding carboxylic acids is 2. The molecule has 27 heavy (non-hydrogen) atoms. The Hall–Kier alpha value is -3.37. The third kappa shape index (κ3) is 2.80. The number of amides is 2. The summed E-state index contributed by atoms with van der Waals surface area (Å²) >= 11 is 0. The first-order chi connectivity index (χ1) is 12.8. The monoisotopic (exact) mass is 375 g/mol. The van der Waals surface area contributed by atoms with E-state index in [1.54, 1.807) is 13.1 Å². The van der Waals surface area contributed by atoms with Crippen molar-refractivity contribution in [3.8, 4) is 11.1 Å². The first-order valence-corrected chi connectivity index (χ1v) is 8.13. The van der Waals surface area contributed by atoms with Crippen LogP contribution in [0, 0.1) is 6.92 Å². The average molecular weight is 375 g/mol. The fourth-order valence-electron chi connectivity index (χ4n) is 3.22. The summed E-state index contributed by atoms with van der Waals surface area (Å²) < 4.78 is 27.4. The average Bonchev–Trinajstić information content (AvgIpc) is 3.18. The molecule has 0 atom stereocenters. The molecule has 4 N–H and O–H groups in total. The Morgan fingerprint density at radius 3 is 2.70 bits per heavy atom. The molecule has 140 valence electrons. The smallest absolute Gasteiger partial charge is 0.270 e. The number of rotatable bonds is 4. The molecule has 1 aliphatic rings. The van der Waals surface area contributed by atoms with Crippen LogP contribution in [0.5, 0.6) is 0 Å². The minimum atomic E-state index is -2.76. The van der Waals surface area contributed by atoms with Gasteiger partial charge in [-0.15, -0.1) is 0 Å². The van der Waals surface area contributed by atoms with Crippen molar-refractivity contribution in [1.29, 1.82) is 0 Å². The molecule has 3 aromatic rings. The van der Waals surface area contributed by atoms with Crippen molar-refractivity contribution in [1.82, 2.24) is 30.1 Å². The second kappa shape index (κ2) is 5.83. The Bertz CT molecular complexity index is 1050. The van der Waals surface area contributed by atoms with Gasteiger partial charge in [-0.25, -0.2) is 18.3 Å². The van der Waals surface area contributed by atoms with Gasteiger partial charge < -0.3 is 11.1 Å². The van der Waals surface area contributed by atoms with Gasteiger partial charge in [-0.05, 0) is 6.92 Å². The predicted molar refractivity (Wildman–Crippen MR) is 89.3 cm³/mol. The van der Waals surface area contributed by atoms with E-state index in [-0.39, 0.29) is 16.9 Å². The van der Waals surface area contributed by atoms with Gasteiger partial charge >= 0.3 is 0 Å². The van der Waals surface area contributed by atoms with Crippen LogP contribution >= 0.6 is 0 Å². The van der Waals surface area contributed by atoms with Crippen LogP contribution in [0.2, 0.25) is 0 Å².